The first-order valence-corrected chi connectivity index (χ1v) is 7.55. The lowest BCUT2D eigenvalue weighted by molar-refractivity contribution is -0.117. The zero-order chi connectivity index (χ0) is 14.2. The number of carbonyl (C=O) groups is 1. The summed E-state index contributed by atoms with van der Waals surface area (Å²) in [4.78, 5) is 13.2. The van der Waals surface area contributed by atoms with Gasteiger partial charge < -0.3 is 0 Å². The van der Waals surface area contributed by atoms with Crippen LogP contribution in [0.3, 0.4) is 0 Å². The molecule has 1 saturated heterocycles. The second-order valence-corrected chi connectivity index (χ2v) is 6.30. The predicted molar refractivity (Wildman–Crippen MR) is 68.0 cm³/mol. The molecule has 0 saturated carbocycles. The molecule has 2 rings (SSSR count). The van der Waals surface area contributed by atoms with Crippen molar-refractivity contribution in [1.82, 2.24) is 9.78 Å². The molecule has 106 valence electrons. The van der Waals surface area contributed by atoms with Crippen LogP contribution in [0.1, 0.15) is 25.3 Å². The predicted octanol–water partition coefficient (Wildman–Crippen LogP) is 1.01. The van der Waals surface area contributed by atoms with E-state index in [2.05, 4.69) is 5.10 Å². The summed E-state index contributed by atoms with van der Waals surface area (Å²) >= 11 is 0. The van der Waals surface area contributed by atoms with E-state index < -0.39 is 15.5 Å². The molecule has 2 heterocycles. The Hall–Kier alpha value is -1.44. The zero-order valence-corrected chi connectivity index (χ0v) is 11.7. The van der Waals surface area contributed by atoms with E-state index in [1.165, 1.54) is 4.90 Å². The minimum absolute atomic E-state index is 0.145. The monoisotopic (exact) mass is 289 g/mol. The summed E-state index contributed by atoms with van der Waals surface area (Å²) in [5, 5.41) is 2.88. The molecule has 1 aromatic rings. The van der Waals surface area contributed by atoms with E-state index >= 15 is 0 Å². The van der Waals surface area contributed by atoms with Gasteiger partial charge in [0.05, 0.1) is 6.20 Å². The first-order chi connectivity index (χ1) is 8.84. The summed E-state index contributed by atoms with van der Waals surface area (Å²) in [6, 6.07) is 0. The lowest BCUT2D eigenvalue weighted by Crippen LogP contribution is -2.29. The van der Waals surface area contributed by atoms with E-state index in [-0.39, 0.29) is 18.9 Å². The van der Waals surface area contributed by atoms with Crippen LogP contribution in [0.2, 0.25) is 0 Å². The molecule has 0 bridgehead atoms. The van der Waals surface area contributed by atoms with Gasteiger partial charge in [-0.05, 0) is 13.3 Å². The molecule has 6 nitrogen and oxygen atoms in total. The number of carbonyl (C=O) groups excluding carboxylic acids is 1. The molecule has 19 heavy (non-hydrogen) atoms. The molecule has 1 fully saturated rings. The largest absolute Gasteiger partial charge is 0.307 e. The van der Waals surface area contributed by atoms with Gasteiger partial charge in [-0.25, -0.2) is 4.68 Å². The Labute approximate surface area is 111 Å². The first-order valence-electron chi connectivity index (χ1n) is 6.10. The van der Waals surface area contributed by atoms with Crippen molar-refractivity contribution in [1.29, 1.82) is 0 Å². The highest BCUT2D eigenvalue weighted by molar-refractivity contribution is 7.87. The van der Waals surface area contributed by atoms with Crippen LogP contribution in [-0.2, 0) is 21.6 Å². The third kappa shape index (κ3) is 2.63. The molecule has 1 unspecified atom stereocenters. The van der Waals surface area contributed by atoms with Gasteiger partial charge in [-0.15, -0.1) is 3.89 Å². The fourth-order valence-electron chi connectivity index (χ4n) is 2.27. The van der Waals surface area contributed by atoms with Crippen molar-refractivity contribution in [3.63, 3.8) is 0 Å². The van der Waals surface area contributed by atoms with Gasteiger partial charge in [-0.3, -0.25) is 9.69 Å². The third-order valence-electron chi connectivity index (χ3n) is 3.17. The highest BCUT2D eigenvalue weighted by atomic mass is 32.3. The maximum Gasteiger partial charge on any atom is 0.307 e. The Balaban J connectivity index is 2.33. The molecule has 0 aliphatic carbocycles. The van der Waals surface area contributed by atoms with Gasteiger partial charge in [-0.2, -0.15) is 13.5 Å². The fraction of sp³-hybridized carbons (Fsp3) is 0.636. The molecule has 8 heteroatoms. The summed E-state index contributed by atoms with van der Waals surface area (Å²) in [5.74, 6) is 0.185. The lowest BCUT2D eigenvalue weighted by atomic mass is 10.3. The van der Waals surface area contributed by atoms with Crippen LogP contribution in [0.4, 0.5) is 9.70 Å². The van der Waals surface area contributed by atoms with Crippen molar-refractivity contribution in [3.8, 4) is 0 Å². The van der Waals surface area contributed by atoms with Crippen molar-refractivity contribution >= 4 is 21.9 Å². The maximum atomic E-state index is 13.0. The molecular weight excluding hydrogens is 273 g/mol. The van der Waals surface area contributed by atoms with Gasteiger partial charge in [0, 0.05) is 25.1 Å². The second-order valence-electron chi connectivity index (χ2n) is 4.68. The molecule has 0 radical (unpaired) electrons. The molecular formula is C11H16FN3O3S. The average molecular weight is 289 g/mol. The van der Waals surface area contributed by atoms with Gasteiger partial charge >= 0.3 is 10.2 Å². The standard InChI is InChI=1S/C11H16FN3O3S/c1-3-4-15-11(8(2)6-13-15)14-7-9(5-10(14)16)19(12,17)18/h6,9H,3-5,7H2,1-2H3. The number of amides is 1. The molecule has 0 N–H and O–H groups in total. The minimum Gasteiger partial charge on any atom is -0.295 e. The van der Waals surface area contributed by atoms with Gasteiger partial charge in [0.2, 0.25) is 5.91 Å². The average Bonchev–Trinajstić information content (AvgIpc) is 2.83. The van der Waals surface area contributed by atoms with Crippen molar-refractivity contribution in [2.75, 3.05) is 11.4 Å². The Kier molecular flexibility index (Phi) is 3.62. The third-order valence-corrected chi connectivity index (χ3v) is 4.28. The molecule has 1 amide bonds. The van der Waals surface area contributed by atoms with Crippen LogP contribution in [0.5, 0.6) is 0 Å². The topological polar surface area (TPSA) is 72.3 Å². The van der Waals surface area contributed by atoms with Crippen LogP contribution in [0.15, 0.2) is 6.20 Å². The second kappa shape index (κ2) is 4.92. The molecule has 1 aliphatic rings. The number of aromatic nitrogens is 2. The van der Waals surface area contributed by atoms with Gasteiger partial charge in [0.15, 0.2) is 0 Å². The smallest absolute Gasteiger partial charge is 0.295 e. The quantitative estimate of drug-likeness (QED) is 0.775. The minimum atomic E-state index is -4.69. The Morgan fingerprint density at radius 2 is 2.21 bits per heavy atom. The van der Waals surface area contributed by atoms with Crippen LogP contribution in [0.25, 0.3) is 0 Å². The zero-order valence-electron chi connectivity index (χ0n) is 10.8. The van der Waals surface area contributed by atoms with E-state index in [4.69, 9.17) is 0 Å². The number of nitrogens with zero attached hydrogens (tertiary/aromatic N) is 3. The Morgan fingerprint density at radius 3 is 2.74 bits per heavy atom. The highest BCUT2D eigenvalue weighted by Gasteiger charge is 2.40. The number of hydrogen-bond acceptors (Lipinski definition) is 4. The molecule has 0 spiro atoms. The van der Waals surface area contributed by atoms with Crippen molar-refractivity contribution < 1.29 is 17.1 Å². The fourth-order valence-corrected chi connectivity index (χ4v) is 2.94. The van der Waals surface area contributed by atoms with Crippen molar-refractivity contribution in [3.05, 3.63) is 11.8 Å². The maximum absolute atomic E-state index is 13.0. The van der Waals surface area contributed by atoms with E-state index in [0.29, 0.717) is 12.4 Å². The number of halogens is 1. The first kappa shape index (κ1) is 14.0. The summed E-state index contributed by atoms with van der Waals surface area (Å²) in [6.45, 7) is 4.24. The van der Waals surface area contributed by atoms with Crippen molar-refractivity contribution in [2.45, 2.75) is 38.5 Å². The van der Waals surface area contributed by atoms with Crippen LogP contribution >= 0.6 is 0 Å². The number of aryl methyl sites for hydroxylation is 2. The Bertz CT molecular complexity index is 596. The Morgan fingerprint density at radius 1 is 1.53 bits per heavy atom. The van der Waals surface area contributed by atoms with E-state index in [1.54, 1.807) is 17.8 Å². The summed E-state index contributed by atoms with van der Waals surface area (Å²) in [5.41, 5.74) is 0.777. The highest BCUT2D eigenvalue weighted by Crippen LogP contribution is 2.28. The SMILES string of the molecule is CCCn1ncc(C)c1N1CC(S(=O)(=O)F)CC1=O. The van der Waals surface area contributed by atoms with Gasteiger partial charge in [-0.1, -0.05) is 6.92 Å². The summed E-state index contributed by atoms with van der Waals surface area (Å²) in [7, 11) is -4.69. The van der Waals surface area contributed by atoms with Crippen LogP contribution < -0.4 is 4.90 Å². The van der Waals surface area contributed by atoms with E-state index in [9.17, 15) is 17.1 Å². The molecule has 0 aromatic carbocycles. The number of anilines is 1. The van der Waals surface area contributed by atoms with Crippen LogP contribution in [0, 0.1) is 6.92 Å². The molecule has 1 aliphatic heterocycles. The molecule has 1 aromatic heterocycles. The van der Waals surface area contributed by atoms with E-state index in [0.717, 1.165) is 12.0 Å². The number of rotatable bonds is 4. The normalized spacial score (nSPS) is 20.3. The number of hydrogen-bond donors (Lipinski definition) is 0. The van der Waals surface area contributed by atoms with Crippen LogP contribution in [-0.4, -0.2) is 35.9 Å². The lowest BCUT2D eigenvalue weighted by Gasteiger charge is -2.18. The summed E-state index contributed by atoms with van der Waals surface area (Å²) < 4.78 is 36.5. The van der Waals surface area contributed by atoms with E-state index in [1.807, 2.05) is 6.92 Å². The van der Waals surface area contributed by atoms with Gasteiger partial charge in [0.25, 0.3) is 0 Å². The van der Waals surface area contributed by atoms with Crippen molar-refractivity contribution in [2.24, 2.45) is 0 Å². The molecule has 1 atom stereocenters. The summed E-state index contributed by atoms with van der Waals surface area (Å²) in [6.07, 6.45) is 2.14. The van der Waals surface area contributed by atoms with Gasteiger partial charge in [0.1, 0.15) is 11.1 Å².